The number of thiophene rings is 2. The van der Waals surface area contributed by atoms with Crippen molar-refractivity contribution in [3.8, 4) is 0 Å². The predicted octanol–water partition coefficient (Wildman–Crippen LogP) is 2.47. The normalized spacial score (nSPS) is 10.6. The van der Waals surface area contributed by atoms with Crippen LogP contribution in [0.5, 0.6) is 0 Å². The highest BCUT2D eigenvalue weighted by molar-refractivity contribution is 7.08. The van der Waals surface area contributed by atoms with Crippen LogP contribution in [-0.2, 0) is 14.4 Å². The van der Waals surface area contributed by atoms with Gasteiger partial charge in [0.2, 0.25) is 0 Å². The van der Waals surface area contributed by atoms with Crippen LogP contribution < -0.4 is 11.0 Å². The van der Waals surface area contributed by atoms with E-state index in [4.69, 9.17) is 14.4 Å². The van der Waals surface area contributed by atoms with Crippen LogP contribution in [0.3, 0.4) is 0 Å². The number of hydroxylamine groups is 2. The first-order valence-corrected chi connectivity index (χ1v) is 9.45. The fraction of sp³-hybridized carbons (Fsp3) is 0.375. The maximum Gasteiger partial charge on any atom is 0.275 e. The lowest BCUT2D eigenvalue weighted by molar-refractivity contribution is -0.0271. The molecule has 9 heteroatoms. The lowest BCUT2D eigenvalue weighted by Gasteiger charge is -2.08. The van der Waals surface area contributed by atoms with E-state index < -0.39 is 0 Å². The van der Waals surface area contributed by atoms with Gasteiger partial charge in [-0.2, -0.15) is 22.7 Å². The zero-order valence-electron chi connectivity index (χ0n) is 14.0. The summed E-state index contributed by atoms with van der Waals surface area (Å²) in [6.45, 7) is 4.76. The second-order valence-electron chi connectivity index (χ2n) is 5.11. The Labute approximate surface area is 153 Å². The number of rotatable bonds is 10. The third-order valence-electron chi connectivity index (χ3n) is 3.19. The number of ether oxygens (including phenoxy) is 1. The molecule has 0 saturated carbocycles. The third-order valence-corrected chi connectivity index (χ3v) is 4.91. The molecular formula is C16H20N2O5S2. The van der Waals surface area contributed by atoms with Crippen molar-refractivity contribution in [2.75, 3.05) is 26.4 Å². The molecule has 0 atom stereocenters. The van der Waals surface area contributed by atoms with Crippen LogP contribution in [0.15, 0.2) is 21.5 Å². The zero-order valence-corrected chi connectivity index (χ0v) is 15.6. The average Bonchev–Trinajstić information content (AvgIpc) is 3.21. The van der Waals surface area contributed by atoms with Crippen molar-refractivity contribution < 1.29 is 24.0 Å². The molecule has 25 heavy (non-hydrogen) atoms. The Hall–Kier alpha value is -1.78. The number of carbonyl (C=O) groups excluding carboxylic acids is 2. The predicted molar refractivity (Wildman–Crippen MR) is 95.8 cm³/mol. The molecule has 2 aromatic rings. The van der Waals surface area contributed by atoms with E-state index in [1.165, 1.54) is 22.7 Å². The van der Waals surface area contributed by atoms with Gasteiger partial charge in [0.25, 0.3) is 11.8 Å². The molecule has 0 aliphatic rings. The van der Waals surface area contributed by atoms with E-state index in [0.717, 1.165) is 11.1 Å². The number of carbonyl (C=O) groups is 2. The van der Waals surface area contributed by atoms with Crippen molar-refractivity contribution in [2.24, 2.45) is 0 Å². The van der Waals surface area contributed by atoms with Gasteiger partial charge in [-0.25, -0.2) is 11.0 Å². The standard InChI is InChI=1S/C16H20N2O5S2/c1-11-7-24-9-13(11)15(19)17-22-5-3-21-4-6-23-18-16(20)14-10-25-8-12(14)2/h7-10H,3-6H2,1-2H3,(H,17,19)(H,18,20). The summed E-state index contributed by atoms with van der Waals surface area (Å²) in [4.78, 5) is 33.6. The lowest BCUT2D eigenvalue weighted by Crippen LogP contribution is -2.27. The largest absolute Gasteiger partial charge is 0.376 e. The molecule has 0 spiro atoms. The number of hydrogen-bond donors (Lipinski definition) is 2. The van der Waals surface area contributed by atoms with Gasteiger partial charge in [0, 0.05) is 10.8 Å². The van der Waals surface area contributed by atoms with Crippen LogP contribution in [0.1, 0.15) is 31.8 Å². The summed E-state index contributed by atoms with van der Waals surface area (Å²) in [7, 11) is 0. The molecule has 0 unspecified atom stereocenters. The van der Waals surface area contributed by atoms with Gasteiger partial charge >= 0.3 is 0 Å². The lowest BCUT2D eigenvalue weighted by atomic mass is 10.2. The Morgan fingerprint density at radius 1 is 0.800 bits per heavy atom. The molecule has 0 aromatic carbocycles. The minimum Gasteiger partial charge on any atom is -0.376 e. The molecule has 0 bridgehead atoms. The van der Waals surface area contributed by atoms with Gasteiger partial charge in [-0.1, -0.05) is 0 Å². The summed E-state index contributed by atoms with van der Waals surface area (Å²) >= 11 is 2.93. The van der Waals surface area contributed by atoms with E-state index in [1.54, 1.807) is 10.8 Å². The van der Waals surface area contributed by atoms with Crippen LogP contribution in [0, 0.1) is 13.8 Å². The smallest absolute Gasteiger partial charge is 0.275 e. The molecule has 2 N–H and O–H groups in total. The van der Waals surface area contributed by atoms with Crippen molar-refractivity contribution >= 4 is 34.5 Å². The van der Waals surface area contributed by atoms with Crippen molar-refractivity contribution in [1.82, 2.24) is 11.0 Å². The van der Waals surface area contributed by atoms with E-state index in [1.807, 2.05) is 24.6 Å². The fourth-order valence-electron chi connectivity index (χ4n) is 1.83. The molecule has 0 aliphatic heterocycles. The van der Waals surface area contributed by atoms with Gasteiger partial charge in [-0.05, 0) is 35.7 Å². The highest BCUT2D eigenvalue weighted by atomic mass is 32.1. The second-order valence-corrected chi connectivity index (χ2v) is 6.60. The van der Waals surface area contributed by atoms with Crippen molar-refractivity contribution in [2.45, 2.75) is 13.8 Å². The van der Waals surface area contributed by atoms with Crippen LogP contribution >= 0.6 is 22.7 Å². The van der Waals surface area contributed by atoms with Gasteiger partial charge in [0.15, 0.2) is 0 Å². The number of aryl methyl sites for hydroxylation is 2. The van der Waals surface area contributed by atoms with Crippen LogP contribution in [0.2, 0.25) is 0 Å². The third kappa shape index (κ3) is 6.22. The topological polar surface area (TPSA) is 85.9 Å². The monoisotopic (exact) mass is 384 g/mol. The molecular weight excluding hydrogens is 364 g/mol. The van der Waals surface area contributed by atoms with E-state index >= 15 is 0 Å². The Bertz CT molecular complexity index is 640. The molecule has 2 amide bonds. The van der Waals surface area contributed by atoms with Gasteiger partial charge in [-0.3, -0.25) is 19.3 Å². The number of amides is 2. The Morgan fingerprint density at radius 3 is 1.60 bits per heavy atom. The van der Waals surface area contributed by atoms with Crippen molar-refractivity contribution in [3.05, 3.63) is 43.8 Å². The van der Waals surface area contributed by atoms with Gasteiger partial charge < -0.3 is 4.74 Å². The summed E-state index contributed by atoms with van der Waals surface area (Å²) in [5, 5.41) is 7.34. The molecule has 0 radical (unpaired) electrons. The molecule has 0 aliphatic carbocycles. The molecule has 2 heterocycles. The Morgan fingerprint density at radius 2 is 1.24 bits per heavy atom. The first kappa shape index (κ1) is 19.5. The van der Waals surface area contributed by atoms with Crippen LogP contribution in [0.25, 0.3) is 0 Å². The van der Waals surface area contributed by atoms with Crippen LogP contribution in [-0.4, -0.2) is 38.2 Å². The average molecular weight is 384 g/mol. The summed E-state index contributed by atoms with van der Waals surface area (Å²) in [5.74, 6) is -0.540. The second kappa shape index (κ2) is 10.3. The van der Waals surface area contributed by atoms with E-state index in [-0.39, 0.29) is 25.0 Å². The maximum absolute atomic E-state index is 11.8. The first-order chi connectivity index (χ1) is 12.1. The number of hydrogen-bond acceptors (Lipinski definition) is 7. The van der Waals surface area contributed by atoms with Crippen LogP contribution in [0.4, 0.5) is 0 Å². The quantitative estimate of drug-likeness (QED) is 0.485. The molecule has 136 valence electrons. The minimum absolute atomic E-state index is 0.218. The maximum atomic E-state index is 11.8. The van der Waals surface area contributed by atoms with Gasteiger partial charge in [0.05, 0.1) is 37.6 Å². The number of nitrogens with one attached hydrogen (secondary N) is 2. The fourth-order valence-corrected chi connectivity index (χ4v) is 3.49. The Balaban J connectivity index is 1.46. The van der Waals surface area contributed by atoms with Gasteiger partial charge in [-0.15, -0.1) is 0 Å². The molecule has 0 saturated heterocycles. The highest BCUT2D eigenvalue weighted by Crippen LogP contribution is 2.13. The molecule has 7 nitrogen and oxygen atoms in total. The summed E-state index contributed by atoms with van der Waals surface area (Å²) in [6, 6.07) is 0. The minimum atomic E-state index is -0.270. The van der Waals surface area contributed by atoms with E-state index in [2.05, 4.69) is 11.0 Å². The summed E-state index contributed by atoms with van der Waals surface area (Å²) in [6.07, 6.45) is 0. The van der Waals surface area contributed by atoms with Crippen molar-refractivity contribution in [3.63, 3.8) is 0 Å². The van der Waals surface area contributed by atoms with E-state index in [0.29, 0.717) is 24.3 Å². The molecule has 2 rings (SSSR count). The van der Waals surface area contributed by atoms with Crippen molar-refractivity contribution in [1.29, 1.82) is 0 Å². The zero-order chi connectivity index (χ0) is 18.1. The summed E-state index contributed by atoms with van der Waals surface area (Å²) in [5.41, 5.74) is 7.77. The highest BCUT2D eigenvalue weighted by Gasteiger charge is 2.10. The first-order valence-electron chi connectivity index (χ1n) is 7.57. The Kier molecular flexibility index (Phi) is 8.02. The molecule has 0 fully saturated rings. The van der Waals surface area contributed by atoms with E-state index in [9.17, 15) is 9.59 Å². The molecule has 2 aromatic heterocycles. The summed E-state index contributed by atoms with van der Waals surface area (Å²) < 4.78 is 5.28. The SMILES string of the molecule is Cc1cscc1C(=O)NOCCOCCONC(=O)c1cscc1C. The van der Waals surface area contributed by atoms with Gasteiger partial charge in [0.1, 0.15) is 0 Å².